The summed E-state index contributed by atoms with van der Waals surface area (Å²) in [5, 5.41) is 7.67. The van der Waals surface area contributed by atoms with Crippen LogP contribution < -0.4 is 5.73 Å². The Hall–Kier alpha value is -2.14. The molecule has 18 heavy (non-hydrogen) atoms. The van der Waals surface area contributed by atoms with E-state index in [0.717, 1.165) is 5.39 Å². The van der Waals surface area contributed by atoms with Crippen LogP contribution >= 0.6 is 11.6 Å². The van der Waals surface area contributed by atoms with Crippen LogP contribution in [-0.2, 0) is 0 Å². The zero-order valence-electron chi connectivity index (χ0n) is 9.11. The maximum Gasteiger partial charge on any atom is 0.155 e. The molecule has 0 atom stereocenters. The second-order valence-electron chi connectivity index (χ2n) is 3.86. The molecule has 0 spiro atoms. The molecule has 0 saturated carbocycles. The predicted octanol–water partition coefficient (Wildman–Crippen LogP) is 3.00. The Kier molecular flexibility index (Phi) is 2.41. The van der Waals surface area contributed by atoms with Crippen molar-refractivity contribution in [3.05, 3.63) is 41.4 Å². The van der Waals surface area contributed by atoms with Crippen LogP contribution in [0.1, 0.15) is 0 Å². The molecule has 0 aliphatic rings. The minimum Gasteiger partial charge on any atom is -0.396 e. The Labute approximate surface area is 107 Å². The van der Waals surface area contributed by atoms with Crippen LogP contribution in [0.5, 0.6) is 0 Å². The minimum absolute atomic E-state index is 0.0571. The highest BCUT2D eigenvalue weighted by Crippen LogP contribution is 2.33. The van der Waals surface area contributed by atoms with E-state index in [0.29, 0.717) is 16.2 Å². The number of pyridine rings is 1. The molecule has 3 aromatic rings. The van der Waals surface area contributed by atoms with Gasteiger partial charge in [-0.15, -0.1) is 0 Å². The summed E-state index contributed by atoms with van der Waals surface area (Å²) in [6.45, 7) is 0. The number of nitrogens with one attached hydrogen (secondary N) is 1. The highest BCUT2D eigenvalue weighted by Gasteiger charge is 2.14. The molecular weight excluding hydrogens is 255 g/mol. The Morgan fingerprint density at radius 2 is 2.11 bits per heavy atom. The van der Waals surface area contributed by atoms with E-state index >= 15 is 0 Å². The molecule has 6 heteroatoms. The van der Waals surface area contributed by atoms with Crippen molar-refractivity contribution >= 4 is 28.3 Å². The number of fused-ring (bicyclic) bond motifs is 1. The molecule has 3 N–H and O–H groups in total. The highest BCUT2D eigenvalue weighted by atomic mass is 35.5. The molecule has 0 fully saturated rings. The number of nitrogens with zero attached hydrogens (tertiary/aromatic N) is 2. The summed E-state index contributed by atoms with van der Waals surface area (Å²) < 4.78 is 14.0. The Morgan fingerprint density at radius 1 is 1.28 bits per heavy atom. The summed E-state index contributed by atoms with van der Waals surface area (Å²) in [5.41, 5.74) is 7.07. The third kappa shape index (κ3) is 1.60. The lowest BCUT2D eigenvalue weighted by molar-refractivity contribution is 0.636. The minimum atomic E-state index is -0.535. The van der Waals surface area contributed by atoms with Crippen molar-refractivity contribution in [1.29, 1.82) is 0 Å². The lowest BCUT2D eigenvalue weighted by atomic mass is 10.1. The maximum atomic E-state index is 14.0. The van der Waals surface area contributed by atoms with Crippen LogP contribution in [0.15, 0.2) is 30.6 Å². The van der Waals surface area contributed by atoms with Gasteiger partial charge in [0.05, 0.1) is 16.9 Å². The summed E-state index contributed by atoms with van der Waals surface area (Å²) in [4.78, 5) is 4.15. The van der Waals surface area contributed by atoms with Gasteiger partial charge in [-0.3, -0.25) is 5.10 Å². The molecule has 0 aliphatic carbocycles. The largest absolute Gasteiger partial charge is 0.396 e. The van der Waals surface area contributed by atoms with Crippen LogP contribution in [0.25, 0.3) is 22.2 Å². The number of hydrogen-bond acceptors (Lipinski definition) is 3. The molecule has 0 amide bonds. The standard InChI is InChI=1S/C12H8ClFN4/c13-8-1-2-9(15)11(14)10(8)6-3-7-5-17-18-12(7)16-4-6/h1-5H,15H2,(H,16,17,18). The first-order valence-corrected chi connectivity index (χ1v) is 5.57. The number of hydrogen-bond donors (Lipinski definition) is 2. The van der Waals surface area contributed by atoms with E-state index in [4.69, 9.17) is 17.3 Å². The SMILES string of the molecule is Nc1ccc(Cl)c(-c2cnc3[nH]ncc3c2)c1F. The van der Waals surface area contributed by atoms with Crippen molar-refractivity contribution in [2.45, 2.75) is 0 Å². The van der Waals surface area contributed by atoms with E-state index in [-0.39, 0.29) is 11.3 Å². The highest BCUT2D eigenvalue weighted by molar-refractivity contribution is 6.33. The Bertz CT molecular complexity index is 738. The average molecular weight is 263 g/mol. The van der Waals surface area contributed by atoms with Gasteiger partial charge in [-0.1, -0.05) is 11.6 Å². The van der Waals surface area contributed by atoms with E-state index in [9.17, 15) is 4.39 Å². The molecule has 0 saturated heterocycles. The van der Waals surface area contributed by atoms with Gasteiger partial charge < -0.3 is 5.73 Å². The molecule has 1 aromatic carbocycles. The van der Waals surface area contributed by atoms with Crippen molar-refractivity contribution in [1.82, 2.24) is 15.2 Å². The fourth-order valence-electron chi connectivity index (χ4n) is 1.81. The fourth-order valence-corrected chi connectivity index (χ4v) is 2.06. The monoisotopic (exact) mass is 262 g/mol. The summed E-state index contributed by atoms with van der Waals surface area (Å²) in [6.07, 6.45) is 3.15. The van der Waals surface area contributed by atoms with Crippen LogP contribution in [0, 0.1) is 5.82 Å². The zero-order valence-corrected chi connectivity index (χ0v) is 9.87. The first kappa shape index (κ1) is 11.0. The molecule has 2 heterocycles. The lowest BCUT2D eigenvalue weighted by Crippen LogP contribution is -1.94. The van der Waals surface area contributed by atoms with Gasteiger partial charge in [-0.2, -0.15) is 5.10 Å². The summed E-state index contributed by atoms with van der Waals surface area (Å²) in [6, 6.07) is 4.76. The van der Waals surface area contributed by atoms with Crippen LogP contribution in [0.4, 0.5) is 10.1 Å². The summed E-state index contributed by atoms with van der Waals surface area (Å²) >= 11 is 6.01. The first-order chi connectivity index (χ1) is 8.66. The lowest BCUT2D eigenvalue weighted by Gasteiger charge is -2.07. The van der Waals surface area contributed by atoms with Crippen molar-refractivity contribution in [3.8, 4) is 11.1 Å². The van der Waals surface area contributed by atoms with Gasteiger partial charge in [-0.05, 0) is 18.2 Å². The molecule has 4 nitrogen and oxygen atoms in total. The summed E-state index contributed by atoms with van der Waals surface area (Å²) in [5.74, 6) is -0.535. The molecule has 3 rings (SSSR count). The molecule has 0 radical (unpaired) electrons. The quantitative estimate of drug-likeness (QED) is 0.663. The average Bonchev–Trinajstić information content (AvgIpc) is 2.82. The van der Waals surface area contributed by atoms with Crippen molar-refractivity contribution in [2.75, 3.05) is 5.73 Å². The van der Waals surface area contributed by atoms with Gasteiger partial charge >= 0.3 is 0 Å². The Balaban J connectivity index is 2.28. The number of anilines is 1. The van der Waals surface area contributed by atoms with Gasteiger partial charge in [0.1, 0.15) is 0 Å². The van der Waals surface area contributed by atoms with Gasteiger partial charge in [0.2, 0.25) is 0 Å². The molecule has 0 bridgehead atoms. The van der Waals surface area contributed by atoms with Gasteiger partial charge in [0.25, 0.3) is 0 Å². The fraction of sp³-hybridized carbons (Fsp3) is 0. The third-order valence-electron chi connectivity index (χ3n) is 2.70. The number of rotatable bonds is 1. The molecular formula is C12H8ClFN4. The first-order valence-electron chi connectivity index (χ1n) is 5.20. The van der Waals surface area contributed by atoms with E-state index in [2.05, 4.69) is 15.2 Å². The normalized spacial score (nSPS) is 11.0. The number of aromatic amines is 1. The van der Waals surface area contributed by atoms with Gasteiger partial charge in [0.15, 0.2) is 11.5 Å². The topological polar surface area (TPSA) is 67.6 Å². The number of H-pyrrole nitrogens is 1. The van der Waals surface area contributed by atoms with Crippen LogP contribution in [-0.4, -0.2) is 15.2 Å². The Morgan fingerprint density at radius 3 is 2.94 bits per heavy atom. The van der Waals surface area contributed by atoms with E-state index in [1.807, 2.05) is 0 Å². The third-order valence-corrected chi connectivity index (χ3v) is 3.02. The maximum absolute atomic E-state index is 14.0. The second kappa shape index (κ2) is 3.96. The van der Waals surface area contributed by atoms with E-state index in [1.165, 1.54) is 12.3 Å². The van der Waals surface area contributed by atoms with Crippen LogP contribution in [0.2, 0.25) is 5.02 Å². The van der Waals surface area contributed by atoms with Gasteiger partial charge in [0, 0.05) is 22.7 Å². The number of aromatic nitrogens is 3. The summed E-state index contributed by atoms with van der Waals surface area (Å²) in [7, 11) is 0. The predicted molar refractivity (Wildman–Crippen MR) is 68.7 cm³/mol. The molecule has 0 aliphatic heterocycles. The molecule has 90 valence electrons. The second-order valence-corrected chi connectivity index (χ2v) is 4.26. The molecule has 0 unspecified atom stereocenters. The smallest absolute Gasteiger partial charge is 0.155 e. The number of nitrogens with two attached hydrogens (primary N) is 1. The van der Waals surface area contributed by atoms with Crippen LogP contribution in [0.3, 0.4) is 0 Å². The van der Waals surface area contributed by atoms with E-state index in [1.54, 1.807) is 18.3 Å². The van der Waals surface area contributed by atoms with Crippen molar-refractivity contribution in [3.63, 3.8) is 0 Å². The number of nitrogen functional groups attached to an aromatic ring is 1. The van der Waals surface area contributed by atoms with Gasteiger partial charge in [-0.25, -0.2) is 9.37 Å². The number of benzene rings is 1. The number of halogens is 2. The molecule has 2 aromatic heterocycles. The zero-order chi connectivity index (χ0) is 12.7. The van der Waals surface area contributed by atoms with E-state index < -0.39 is 5.82 Å². The van der Waals surface area contributed by atoms with Crippen molar-refractivity contribution < 1.29 is 4.39 Å². The van der Waals surface area contributed by atoms with Crippen molar-refractivity contribution in [2.24, 2.45) is 0 Å².